The predicted molar refractivity (Wildman–Crippen MR) is 57.3 cm³/mol. The first-order chi connectivity index (χ1) is 6.47. The van der Waals surface area contributed by atoms with Gasteiger partial charge >= 0.3 is 0 Å². The Morgan fingerprint density at radius 3 is 2.50 bits per heavy atom. The Bertz CT molecular complexity index is 212. The molecule has 2 unspecified atom stereocenters. The van der Waals surface area contributed by atoms with Crippen molar-refractivity contribution in [3.05, 3.63) is 0 Å². The van der Waals surface area contributed by atoms with Gasteiger partial charge in [0.2, 0.25) is 0 Å². The lowest BCUT2D eigenvalue weighted by Crippen LogP contribution is -2.56. The second kappa shape index (κ2) is 3.47. The lowest BCUT2D eigenvalue weighted by molar-refractivity contribution is 0.0408. The predicted octanol–water partition coefficient (Wildman–Crippen LogP) is 0.536. The first kappa shape index (κ1) is 10.4. The van der Waals surface area contributed by atoms with Crippen molar-refractivity contribution in [3.8, 4) is 0 Å². The third-order valence-electron chi connectivity index (χ3n) is 3.54. The van der Waals surface area contributed by atoms with Gasteiger partial charge in [0.1, 0.15) is 0 Å². The van der Waals surface area contributed by atoms with Gasteiger partial charge in [0.05, 0.1) is 6.10 Å². The highest BCUT2D eigenvalue weighted by Crippen LogP contribution is 2.25. The Labute approximate surface area is 86.7 Å². The Morgan fingerprint density at radius 1 is 1.14 bits per heavy atom. The molecule has 14 heavy (non-hydrogen) atoms. The second-order valence-corrected chi connectivity index (χ2v) is 5.66. The van der Waals surface area contributed by atoms with Crippen molar-refractivity contribution in [1.82, 2.24) is 9.80 Å². The molecule has 2 aliphatic heterocycles. The van der Waals surface area contributed by atoms with E-state index < -0.39 is 0 Å². The van der Waals surface area contributed by atoms with Gasteiger partial charge < -0.3 is 5.11 Å². The smallest absolute Gasteiger partial charge is 0.0682 e. The van der Waals surface area contributed by atoms with Gasteiger partial charge in [-0.1, -0.05) is 0 Å². The topological polar surface area (TPSA) is 26.7 Å². The highest BCUT2D eigenvalue weighted by Gasteiger charge is 2.37. The van der Waals surface area contributed by atoms with Crippen LogP contribution in [0.5, 0.6) is 0 Å². The van der Waals surface area contributed by atoms with E-state index in [0.717, 1.165) is 32.6 Å². The van der Waals surface area contributed by atoms with Crippen LogP contribution >= 0.6 is 0 Å². The normalized spacial score (nSPS) is 36.0. The lowest BCUT2D eigenvalue weighted by Gasteiger charge is -2.44. The number of piperazine rings is 1. The zero-order valence-corrected chi connectivity index (χ0v) is 9.53. The van der Waals surface area contributed by atoms with Crippen LogP contribution in [-0.2, 0) is 0 Å². The highest BCUT2D eigenvalue weighted by molar-refractivity contribution is 4.93. The minimum atomic E-state index is -0.0834. The molecule has 82 valence electrons. The molecule has 3 nitrogen and oxygen atoms in total. The average molecular weight is 198 g/mol. The van der Waals surface area contributed by atoms with E-state index in [1.54, 1.807) is 0 Å². The molecule has 0 radical (unpaired) electrons. The number of hydrogen-bond donors (Lipinski definition) is 1. The molecule has 0 amide bonds. The number of aliphatic hydroxyl groups excluding tert-OH is 1. The largest absolute Gasteiger partial charge is 0.392 e. The molecule has 0 aromatic heterocycles. The van der Waals surface area contributed by atoms with E-state index in [1.807, 2.05) is 0 Å². The van der Waals surface area contributed by atoms with Gasteiger partial charge in [-0.2, -0.15) is 0 Å². The van der Waals surface area contributed by atoms with Gasteiger partial charge in [-0.15, -0.1) is 0 Å². The summed E-state index contributed by atoms with van der Waals surface area (Å²) in [6, 6.07) is 0.595. The fourth-order valence-corrected chi connectivity index (χ4v) is 2.63. The second-order valence-electron chi connectivity index (χ2n) is 5.66. The van der Waals surface area contributed by atoms with Crippen molar-refractivity contribution < 1.29 is 5.11 Å². The van der Waals surface area contributed by atoms with E-state index in [0.29, 0.717) is 6.04 Å². The monoisotopic (exact) mass is 198 g/mol. The van der Waals surface area contributed by atoms with Crippen LogP contribution in [0, 0.1) is 0 Å². The third kappa shape index (κ3) is 1.95. The molecule has 3 heteroatoms. The Kier molecular flexibility index (Phi) is 2.58. The maximum atomic E-state index is 9.59. The summed E-state index contributed by atoms with van der Waals surface area (Å²) in [5.74, 6) is 0. The molecule has 0 aliphatic carbocycles. The number of hydrogen-bond acceptors (Lipinski definition) is 3. The van der Waals surface area contributed by atoms with Crippen molar-refractivity contribution >= 4 is 0 Å². The molecular weight excluding hydrogens is 176 g/mol. The maximum absolute atomic E-state index is 9.59. The standard InChI is InChI=1S/C11H22N2O/c1-11(2,3)13-5-4-12-8-10(14)6-9(12)7-13/h9-10,14H,4-8H2,1-3H3. The Morgan fingerprint density at radius 2 is 1.86 bits per heavy atom. The average Bonchev–Trinajstić information content (AvgIpc) is 2.41. The van der Waals surface area contributed by atoms with Gasteiger partial charge in [-0.25, -0.2) is 0 Å². The van der Waals surface area contributed by atoms with E-state index in [-0.39, 0.29) is 11.6 Å². The van der Waals surface area contributed by atoms with E-state index >= 15 is 0 Å². The number of fused-ring (bicyclic) bond motifs is 1. The van der Waals surface area contributed by atoms with Crippen molar-refractivity contribution in [2.45, 2.75) is 44.9 Å². The van der Waals surface area contributed by atoms with Crippen molar-refractivity contribution in [2.24, 2.45) is 0 Å². The van der Waals surface area contributed by atoms with Crippen LogP contribution in [0.15, 0.2) is 0 Å². The molecule has 2 aliphatic rings. The summed E-state index contributed by atoms with van der Waals surface area (Å²) < 4.78 is 0. The molecule has 2 rings (SSSR count). The van der Waals surface area contributed by atoms with Crippen molar-refractivity contribution in [2.75, 3.05) is 26.2 Å². The van der Waals surface area contributed by atoms with Crippen LogP contribution in [0.1, 0.15) is 27.2 Å². The van der Waals surface area contributed by atoms with E-state index in [9.17, 15) is 5.11 Å². The van der Waals surface area contributed by atoms with Crippen molar-refractivity contribution in [1.29, 1.82) is 0 Å². The van der Waals surface area contributed by atoms with Crippen LogP contribution in [0.4, 0.5) is 0 Å². The third-order valence-corrected chi connectivity index (χ3v) is 3.54. The van der Waals surface area contributed by atoms with E-state index in [2.05, 4.69) is 30.6 Å². The zero-order chi connectivity index (χ0) is 10.3. The van der Waals surface area contributed by atoms with E-state index in [1.165, 1.54) is 0 Å². The van der Waals surface area contributed by atoms with Gasteiger partial charge in [0.15, 0.2) is 0 Å². The maximum Gasteiger partial charge on any atom is 0.0682 e. The van der Waals surface area contributed by atoms with Crippen LogP contribution in [0.3, 0.4) is 0 Å². The Hall–Kier alpha value is -0.120. The summed E-state index contributed by atoms with van der Waals surface area (Å²) in [6.45, 7) is 11.1. The van der Waals surface area contributed by atoms with Gasteiger partial charge in [0, 0.05) is 37.8 Å². The minimum absolute atomic E-state index is 0.0834. The molecule has 2 fully saturated rings. The minimum Gasteiger partial charge on any atom is -0.392 e. The first-order valence-electron chi connectivity index (χ1n) is 5.64. The van der Waals surface area contributed by atoms with Gasteiger partial charge in [-0.3, -0.25) is 9.80 Å². The number of nitrogens with zero attached hydrogens (tertiary/aromatic N) is 2. The SMILES string of the molecule is CC(C)(C)N1CCN2CC(O)CC2C1. The molecular formula is C11H22N2O. The summed E-state index contributed by atoms with van der Waals surface area (Å²) in [5, 5.41) is 9.59. The molecule has 2 atom stereocenters. The summed E-state index contributed by atoms with van der Waals surface area (Å²) in [7, 11) is 0. The molecule has 1 N–H and O–H groups in total. The lowest BCUT2D eigenvalue weighted by atomic mass is 10.0. The molecule has 2 saturated heterocycles. The summed E-state index contributed by atoms with van der Waals surface area (Å²) in [4.78, 5) is 4.97. The zero-order valence-electron chi connectivity index (χ0n) is 9.53. The van der Waals surface area contributed by atoms with Crippen LogP contribution in [0.25, 0.3) is 0 Å². The van der Waals surface area contributed by atoms with Gasteiger partial charge in [-0.05, 0) is 27.2 Å². The van der Waals surface area contributed by atoms with Crippen LogP contribution < -0.4 is 0 Å². The molecule has 0 bridgehead atoms. The van der Waals surface area contributed by atoms with Crippen LogP contribution in [0.2, 0.25) is 0 Å². The molecule has 0 spiro atoms. The molecule has 0 aromatic carbocycles. The first-order valence-corrected chi connectivity index (χ1v) is 5.64. The molecule has 0 saturated carbocycles. The van der Waals surface area contributed by atoms with Crippen molar-refractivity contribution in [3.63, 3.8) is 0 Å². The fourth-order valence-electron chi connectivity index (χ4n) is 2.63. The highest BCUT2D eigenvalue weighted by atomic mass is 16.3. The number of aliphatic hydroxyl groups is 1. The summed E-state index contributed by atoms with van der Waals surface area (Å²) >= 11 is 0. The molecule has 0 aromatic rings. The Balaban J connectivity index is 1.98. The molecule has 2 heterocycles. The number of rotatable bonds is 0. The summed E-state index contributed by atoms with van der Waals surface area (Å²) in [6.07, 6.45) is 0.881. The fraction of sp³-hybridized carbons (Fsp3) is 1.00. The quantitative estimate of drug-likeness (QED) is 0.615. The van der Waals surface area contributed by atoms with E-state index in [4.69, 9.17) is 0 Å². The summed E-state index contributed by atoms with van der Waals surface area (Å²) in [5.41, 5.74) is 0.277. The van der Waals surface area contributed by atoms with Crippen LogP contribution in [-0.4, -0.2) is 58.8 Å². The van der Waals surface area contributed by atoms with Gasteiger partial charge in [0.25, 0.3) is 0 Å².